The van der Waals surface area contributed by atoms with Crippen molar-refractivity contribution in [1.29, 1.82) is 0 Å². The highest BCUT2D eigenvalue weighted by atomic mass is 35.5. The Hall–Kier alpha value is -4.47. The molecule has 5 aromatic rings. The summed E-state index contributed by atoms with van der Waals surface area (Å²) >= 11 is 12.7. The Balaban J connectivity index is 1.46. The third-order valence-corrected chi connectivity index (χ3v) is 7.65. The number of hydrogen-bond acceptors (Lipinski definition) is 3. The number of benzene rings is 3. The molecule has 2 amide bonds. The Bertz CT molecular complexity index is 1870. The number of carbonyl (C=O) groups excluding carboxylic acids is 2. The van der Waals surface area contributed by atoms with E-state index in [0.29, 0.717) is 16.3 Å². The number of nitrogens with zero attached hydrogens (tertiary/aromatic N) is 1. The average molecular weight is 626 g/mol. The van der Waals surface area contributed by atoms with Gasteiger partial charge in [0.05, 0.1) is 10.6 Å². The van der Waals surface area contributed by atoms with E-state index in [9.17, 15) is 22.8 Å². The zero-order valence-electron chi connectivity index (χ0n) is 22.9. The van der Waals surface area contributed by atoms with Crippen molar-refractivity contribution in [1.82, 2.24) is 15.2 Å². The van der Waals surface area contributed by atoms with Crippen molar-refractivity contribution in [2.24, 2.45) is 7.05 Å². The van der Waals surface area contributed by atoms with Crippen LogP contribution in [0.15, 0.2) is 89.0 Å². The van der Waals surface area contributed by atoms with Gasteiger partial charge >= 0.3 is 6.18 Å². The molecular weight excluding hydrogens is 602 g/mol. The summed E-state index contributed by atoms with van der Waals surface area (Å²) in [4.78, 5) is 26.5. The van der Waals surface area contributed by atoms with Crippen LogP contribution in [-0.2, 0) is 24.6 Å². The minimum absolute atomic E-state index is 0.0245. The van der Waals surface area contributed by atoms with Crippen LogP contribution in [0, 0.1) is 6.92 Å². The number of aryl methyl sites for hydroxylation is 2. The fraction of sp³-hybridized carbons (Fsp3) is 0.125. The Morgan fingerprint density at radius 2 is 1.70 bits per heavy atom. The summed E-state index contributed by atoms with van der Waals surface area (Å²) in [6, 6.07) is 20.1. The van der Waals surface area contributed by atoms with Crippen molar-refractivity contribution in [3.8, 4) is 11.3 Å². The van der Waals surface area contributed by atoms with Gasteiger partial charge in [0.2, 0.25) is 0 Å². The second-order valence-corrected chi connectivity index (χ2v) is 10.6. The third kappa shape index (κ3) is 6.48. The summed E-state index contributed by atoms with van der Waals surface area (Å²) in [6.07, 6.45) is -3.29. The lowest BCUT2D eigenvalue weighted by Gasteiger charge is -2.11. The molecule has 0 unspecified atom stereocenters. The van der Waals surface area contributed by atoms with Crippen LogP contribution in [0.25, 0.3) is 28.3 Å². The fourth-order valence-electron chi connectivity index (χ4n) is 4.54. The van der Waals surface area contributed by atoms with Crippen molar-refractivity contribution < 1.29 is 27.2 Å². The first-order valence-electron chi connectivity index (χ1n) is 13.0. The lowest BCUT2D eigenvalue weighted by atomic mass is 10.1. The van der Waals surface area contributed by atoms with Crippen LogP contribution in [-0.4, -0.2) is 16.4 Å². The minimum atomic E-state index is -4.58. The van der Waals surface area contributed by atoms with Crippen molar-refractivity contribution in [2.75, 3.05) is 0 Å². The first kappa shape index (κ1) is 30.0. The SMILES string of the molecule is Cc1ccc(C(=O)N/C(=C/c2ccc(-c3cc(C(F)(F)F)ccc3Cl)o2)C(=O)NCc2c(Cl)n(C)c3ccccc23)cc1. The largest absolute Gasteiger partial charge is 0.457 e. The molecule has 6 nitrogen and oxygen atoms in total. The molecule has 2 heterocycles. The number of nitrogens with one attached hydrogen (secondary N) is 2. The molecule has 0 bridgehead atoms. The standard InChI is InChI=1S/C32H24Cl2F3N3O3/c1-18-7-9-19(10-8-18)30(41)39-26(31(42)38-17-24-22-5-3-4-6-27(22)40(2)29(24)34)16-21-12-14-28(43-21)23-15-20(32(35,36)37)11-13-25(23)33/h3-16H,17H2,1-2H3,(H,38,42)(H,39,41)/b26-16+. The monoisotopic (exact) mass is 625 g/mol. The Labute approximate surface area is 254 Å². The van der Waals surface area contributed by atoms with Crippen LogP contribution in [0.3, 0.4) is 0 Å². The van der Waals surface area contributed by atoms with Crippen LogP contribution >= 0.6 is 23.2 Å². The van der Waals surface area contributed by atoms with Crippen LogP contribution in [0.1, 0.15) is 32.8 Å². The van der Waals surface area contributed by atoms with Crippen molar-refractivity contribution in [3.05, 3.63) is 123 Å². The van der Waals surface area contributed by atoms with Gasteiger partial charge in [0.25, 0.3) is 11.8 Å². The van der Waals surface area contributed by atoms with Crippen molar-refractivity contribution in [3.63, 3.8) is 0 Å². The van der Waals surface area contributed by atoms with Gasteiger partial charge in [-0.05, 0) is 55.5 Å². The van der Waals surface area contributed by atoms with Gasteiger partial charge in [0.1, 0.15) is 22.4 Å². The van der Waals surface area contributed by atoms with Crippen molar-refractivity contribution >= 4 is 52.0 Å². The Kier molecular flexibility index (Phi) is 8.39. The number of alkyl halides is 3. The van der Waals surface area contributed by atoms with Crippen LogP contribution in [0.4, 0.5) is 13.2 Å². The summed E-state index contributed by atoms with van der Waals surface area (Å²) < 4.78 is 47.4. The van der Waals surface area contributed by atoms with E-state index in [4.69, 9.17) is 27.6 Å². The molecule has 0 spiro atoms. The first-order valence-corrected chi connectivity index (χ1v) is 13.7. The molecule has 220 valence electrons. The van der Waals surface area contributed by atoms with E-state index in [2.05, 4.69) is 10.6 Å². The first-order chi connectivity index (χ1) is 20.4. The van der Waals surface area contributed by atoms with Gasteiger partial charge < -0.3 is 19.6 Å². The molecule has 43 heavy (non-hydrogen) atoms. The smallest absolute Gasteiger partial charge is 0.416 e. The van der Waals surface area contributed by atoms with E-state index in [1.165, 1.54) is 18.2 Å². The number of fused-ring (bicyclic) bond motifs is 1. The molecular formula is C32H24Cl2F3N3O3. The predicted molar refractivity (Wildman–Crippen MR) is 161 cm³/mol. The number of rotatable bonds is 7. The highest BCUT2D eigenvalue weighted by Crippen LogP contribution is 2.37. The Morgan fingerprint density at radius 1 is 0.977 bits per heavy atom. The maximum Gasteiger partial charge on any atom is 0.416 e. The molecule has 0 saturated carbocycles. The van der Waals surface area contributed by atoms with E-state index in [-0.39, 0.29) is 34.3 Å². The minimum Gasteiger partial charge on any atom is -0.457 e. The quantitative estimate of drug-likeness (QED) is 0.179. The zero-order valence-corrected chi connectivity index (χ0v) is 24.4. The second kappa shape index (κ2) is 12.0. The van der Waals surface area contributed by atoms with E-state index in [0.717, 1.165) is 34.7 Å². The van der Waals surface area contributed by atoms with Crippen LogP contribution in [0.5, 0.6) is 0 Å². The number of furan rings is 1. The van der Waals surface area contributed by atoms with Gasteiger partial charge in [0.15, 0.2) is 0 Å². The summed E-state index contributed by atoms with van der Waals surface area (Å²) in [5, 5.41) is 6.78. The Morgan fingerprint density at radius 3 is 2.42 bits per heavy atom. The van der Waals surface area contributed by atoms with Crippen LogP contribution in [0.2, 0.25) is 10.2 Å². The number of para-hydroxylation sites is 1. The zero-order chi connectivity index (χ0) is 30.9. The summed E-state index contributed by atoms with van der Waals surface area (Å²) in [6.45, 7) is 1.93. The van der Waals surface area contributed by atoms with Gasteiger partial charge in [-0.1, -0.05) is 59.1 Å². The third-order valence-electron chi connectivity index (χ3n) is 6.84. The number of aromatic nitrogens is 1. The molecule has 11 heteroatoms. The summed E-state index contributed by atoms with van der Waals surface area (Å²) in [5.74, 6) is -1.03. The molecule has 3 aromatic carbocycles. The molecule has 0 aliphatic carbocycles. The topological polar surface area (TPSA) is 76.3 Å². The van der Waals surface area contributed by atoms with Crippen molar-refractivity contribution in [2.45, 2.75) is 19.6 Å². The van der Waals surface area contributed by atoms with Gasteiger partial charge in [-0.2, -0.15) is 13.2 Å². The van der Waals surface area contributed by atoms with Gasteiger partial charge in [-0.25, -0.2) is 0 Å². The number of hydrogen-bond donors (Lipinski definition) is 2. The molecule has 5 rings (SSSR count). The lowest BCUT2D eigenvalue weighted by molar-refractivity contribution is -0.137. The second-order valence-electron chi connectivity index (χ2n) is 9.80. The van der Waals surface area contributed by atoms with Crippen LogP contribution < -0.4 is 10.6 Å². The molecule has 0 aliphatic rings. The van der Waals surface area contributed by atoms with E-state index < -0.39 is 23.6 Å². The van der Waals surface area contributed by atoms with Gasteiger partial charge in [-0.15, -0.1) is 0 Å². The molecule has 0 saturated heterocycles. The molecule has 0 radical (unpaired) electrons. The van der Waals surface area contributed by atoms with Gasteiger partial charge in [-0.3, -0.25) is 9.59 Å². The maximum atomic E-state index is 13.5. The average Bonchev–Trinajstić information content (AvgIpc) is 3.53. The van der Waals surface area contributed by atoms with E-state index in [1.54, 1.807) is 28.8 Å². The van der Waals surface area contributed by atoms with Gasteiger partial charge in [0, 0.05) is 47.3 Å². The summed E-state index contributed by atoms with van der Waals surface area (Å²) in [7, 11) is 1.81. The maximum absolute atomic E-state index is 13.5. The number of amides is 2. The summed E-state index contributed by atoms with van der Waals surface area (Å²) in [5.41, 5.74) is 1.83. The van der Waals surface area contributed by atoms with E-state index >= 15 is 0 Å². The normalized spacial score (nSPS) is 12.0. The highest BCUT2D eigenvalue weighted by molar-refractivity contribution is 6.33. The highest BCUT2D eigenvalue weighted by Gasteiger charge is 2.31. The molecule has 2 N–H and O–H groups in total. The number of carbonyl (C=O) groups is 2. The molecule has 0 fully saturated rings. The number of halogens is 5. The molecule has 2 aromatic heterocycles. The fourth-order valence-corrected chi connectivity index (χ4v) is 5.01. The lowest BCUT2D eigenvalue weighted by Crippen LogP contribution is -2.34. The molecule has 0 aliphatic heterocycles. The predicted octanol–water partition coefficient (Wildman–Crippen LogP) is 8.16. The molecule has 0 atom stereocenters. The van der Waals surface area contributed by atoms with E-state index in [1.807, 2.05) is 38.2 Å².